The molecular weight excluding hydrogens is 146 g/mol. The third kappa shape index (κ3) is 2.48. The second-order valence-electron chi connectivity index (χ2n) is 5.11. The van der Waals surface area contributed by atoms with E-state index in [1.165, 1.54) is 25.7 Å². The van der Waals surface area contributed by atoms with Crippen molar-refractivity contribution in [3.63, 3.8) is 0 Å². The fourth-order valence-corrected chi connectivity index (χ4v) is 2.21. The Hall–Kier alpha value is -0.0400. The molecule has 1 rings (SSSR count). The van der Waals surface area contributed by atoms with Crippen LogP contribution in [0.2, 0.25) is 0 Å². The number of nitrogens with one attached hydrogen (secondary N) is 1. The average molecular weight is 169 g/mol. The van der Waals surface area contributed by atoms with Gasteiger partial charge in [-0.3, -0.25) is 0 Å². The molecule has 1 aliphatic carbocycles. The highest BCUT2D eigenvalue weighted by Crippen LogP contribution is 2.35. The highest BCUT2D eigenvalue weighted by atomic mass is 15.0. The van der Waals surface area contributed by atoms with Gasteiger partial charge in [-0.2, -0.15) is 0 Å². The van der Waals surface area contributed by atoms with Gasteiger partial charge in [-0.15, -0.1) is 0 Å². The van der Waals surface area contributed by atoms with Crippen LogP contribution in [-0.4, -0.2) is 12.1 Å². The molecule has 1 atom stereocenters. The molecule has 0 aromatic carbocycles. The van der Waals surface area contributed by atoms with Gasteiger partial charge in [-0.05, 0) is 18.3 Å². The second-order valence-corrected chi connectivity index (χ2v) is 5.11. The third-order valence-electron chi connectivity index (χ3n) is 3.04. The molecule has 0 heterocycles. The normalized spacial score (nSPS) is 29.2. The van der Waals surface area contributed by atoms with Gasteiger partial charge in [0.05, 0.1) is 0 Å². The number of rotatable bonds is 2. The van der Waals surface area contributed by atoms with E-state index in [9.17, 15) is 0 Å². The molecular formula is C11H23N. The molecule has 1 heteroatoms. The van der Waals surface area contributed by atoms with E-state index in [-0.39, 0.29) is 0 Å². The molecule has 1 saturated carbocycles. The number of hydrogen-bond donors (Lipinski definition) is 1. The van der Waals surface area contributed by atoms with Gasteiger partial charge in [0, 0.05) is 12.1 Å². The SMILES string of the molecule is CC(C)NC1CCCCC1(C)C. The molecule has 0 aromatic rings. The van der Waals surface area contributed by atoms with E-state index in [1.807, 2.05) is 0 Å². The van der Waals surface area contributed by atoms with E-state index in [0.717, 1.165) is 6.04 Å². The van der Waals surface area contributed by atoms with E-state index in [1.54, 1.807) is 0 Å². The lowest BCUT2D eigenvalue weighted by Gasteiger charge is -2.40. The molecule has 1 aliphatic rings. The van der Waals surface area contributed by atoms with Crippen molar-refractivity contribution < 1.29 is 0 Å². The van der Waals surface area contributed by atoms with Crippen molar-refractivity contribution in [3.05, 3.63) is 0 Å². The fourth-order valence-electron chi connectivity index (χ4n) is 2.21. The molecule has 72 valence electrons. The lowest BCUT2D eigenvalue weighted by atomic mass is 9.73. The van der Waals surface area contributed by atoms with Crippen molar-refractivity contribution in [2.75, 3.05) is 0 Å². The summed E-state index contributed by atoms with van der Waals surface area (Å²) >= 11 is 0. The molecule has 0 saturated heterocycles. The Morgan fingerprint density at radius 3 is 2.42 bits per heavy atom. The third-order valence-corrected chi connectivity index (χ3v) is 3.04. The number of hydrogen-bond acceptors (Lipinski definition) is 1. The monoisotopic (exact) mass is 169 g/mol. The van der Waals surface area contributed by atoms with Crippen LogP contribution in [0.25, 0.3) is 0 Å². The first-order valence-corrected chi connectivity index (χ1v) is 5.28. The van der Waals surface area contributed by atoms with Gasteiger partial charge >= 0.3 is 0 Å². The lowest BCUT2D eigenvalue weighted by Crippen LogP contribution is -2.46. The Balaban J connectivity index is 2.48. The smallest absolute Gasteiger partial charge is 0.0121 e. The standard InChI is InChI=1S/C11H23N/c1-9(2)12-10-7-5-6-8-11(10,3)4/h9-10,12H,5-8H2,1-4H3. The Morgan fingerprint density at radius 2 is 1.92 bits per heavy atom. The van der Waals surface area contributed by atoms with Crippen molar-refractivity contribution in [1.82, 2.24) is 5.32 Å². The van der Waals surface area contributed by atoms with Crippen LogP contribution in [0.15, 0.2) is 0 Å². The predicted octanol–water partition coefficient (Wildman–Crippen LogP) is 2.95. The van der Waals surface area contributed by atoms with Gasteiger partial charge in [-0.25, -0.2) is 0 Å². The van der Waals surface area contributed by atoms with Crippen molar-refractivity contribution in [2.24, 2.45) is 5.41 Å². The van der Waals surface area contributed by atoms with Crippen LogP contribution in [0.1, 0.15) is 53.4 Å². The molecule has 12 heavy (non-hydrogen) atoms. The van der Waals surface area contributed by atoms with Crippen LogP contribution in [0, 0.1) is 5.41 Å². The maximum Gasteiger partial charge on any atom is 0.0121 e. The van der Waals surface area contributed by atoms with Crippen molar-refractivity contribution in [1.29, 1.82) is 0 Å². The summed E-state index contributed by atoms with van der Waals surface area (Å²) in [7, 11) is 0. The average Bonchev–Trinajstić information content (AvgIpc) is 1.92. The second kappa shape index (κ2) is 3.78. The van der Waals surface area contributed by atoms with Crippen LogP contribution in [0.4, 0.5) is 0 Å². The van der Waals surface area contributed by atoms with E-state index in [2.05, 4.69) is 33.0 Å². The minimum absolute atomic E-state index is 0.516. The first-order chi connectivity index (χ1) is 5.52. The summed E-state index contributed by atoms with van der Waals surface area (Å²) in [6, 6.07) is 1.37. The van der Waals surface area contributed by atoms with Gasteiger partial charge in [0.1, 0.15) is 0 Å². The summed E-state index contributed by atoms with van der Waals surface area (Å²) in [5.41, 5.74) is 0.516. The van der Waals surface area contributed by atoms with Crippen LogP contribution in [0.3, 0.4) is 0 Å². The van der Waals surface area contributed by atoms with Gasteiger partial charge in [0.2, 0.25) is 0 Å². The Kier molecular flexibility index (Phi) is 3.16. The van der Waals surface area contributed by atoms with Gasteiger partial charge < -0.3 is 5.32 Å². The first-order valence-electron chi connectivity index (χ1n) is 5.28. The molecule has 0 spiro atoms. The summed E-state index contributed by atoms with van der Waals surface area (Å²) < 4.78 is 0. The van der Waals surface area contributed by atoms with E-state index in [0.29, 0.717) is 11.5 Å². The Bertz CT molecular complexity index is 138. The molecule has 0 aromatic heterocycles. The van der Waals surface area contributed by atoms with E-state index >= 15 is 0 Å². The molecule has 1 unspecified atom stereocenters. The Labute approximate surface area is 76.9 Å². The maximum absolute atomic E-state index is 3.67. The molecule has 1 fully saturated rings. The summed E-state index contributed by atoms with van der Waals surface area (Å²) in [6.45, 7) is 9.27. The van der Waals surface area contributed by atoms with E-state index < -0.39 is 0 Å². The molecule has 0 radical (unpaired) electrons. The maximum atomic E-state index is 3.67. The van der Waals surface area contributed by atoms with E-state index in [4.69, 9.17) is 0 Å². The van der Waals surface area contributed by atoms with Gasteiger partial charge in [-0.1, -0.05) is 40.5 Å². The highest BCUT2D eigenvalue weighted by Gasteiger charge is 2.31. The summed E-state index contributed by atoms with van der Waals surface area (Å²) in [6.07, 6.45) is 5.58. The summed E-state index contributed by atoms with van der Waals surface area (Å²) in [5, 5.41) is 3.67. The molecule has 1 nitrogen and oxygen atoms in total. The van der Waals surface area contributed by atoms with Crippen LogP contribution in [-0.2, 0) is 0 Å². The van der Waals surface area contributed by atoms with Crippen LogP contribution >= 0.6 is 0 Å². The van der Waals surface area contributed by atoms with Crippen molar-refractivity contribution >= 4 is 0 Å². The van der Waals surface area contributed by atoms with Crippen LogP contribution in [0.5, 0.6) is 0 Å². The zero-order valence-corrected chi connectivity index (χ0v) is 8.98. The molecule has 0 aliphatic heterocycles. The molecule has 0 bridgehead atoms. The fraction of sp³-hybridized carbons (Fsp3) is 1.00. The highest BCUT2D eigenvalue weighted by molar-refractivity contribution is 4.88. The Morgan fingerprint density at radius 1 is 1.25 bits per heavy atom. The largest absolute Gasteiger partial charge is 0.311 e. The molecule has 1 N–H and O–H groups in total. The molecule has 0 amide bonds. The topological polar surface area (TPSA) is 12.0 Å². The zero-order valence-electron chi connectivity index (χ0n) is 8.98. The zero-order chi connectivity index (χ0) is 9.19. The summed E-state index contributed by atoms with van der Waals surface area (Å²) in [4.78, 5) is 0. The summed E-state index contributed by atoms with van der Waals surface area (Å²) in [5.74, 6) is 0. The quantitative estimate of drug-likeness (QED) is 0.670. The predicted molar refractivity (Wildman–Crippen MR) is 54.3 cm³/mol. The minimum atomic E-state index is 0.516. The van der Waals surface area contributed by atoms with Crippen molar-refractivity contribution in [2.45, 2.75) is 65.5 Å². The lowest BCUT2D eigenvalue weighted by molar-refractivity contribution is 0.160. The first kappa shape index (κ1) is 10.0. The minimum Gasteiger partial charge on any atom is -0.311 e. The van der Waals surface area contributed by atoms with Gasteiger partial charge in [0.25, 0.3) is 0 Å². The van der Waals surface area contributed by atoms with Gasteiger partial charge in [0.15, 0.2) is 0 Å². The van der Waals surface area contributed by atoms with Crippen molar-refractivity contribution in [3.8, 4) is 0 Å². The van der Waals surface area contributed by atoms with Crippen LogP contribution < -0.4 is 5.32 Å².